The second-order valence-corrected chi connectivity index (χ2v) is 4.76. The Bertz CT molecular complexity index is 409. The average molecular weight is 294 g/mol. The van der Waals surface area contributed by atoms with Crippen molar-refractivity contribution < 1.29 is 22.7 Å². The summed E-state index contributed by atoms with van der Waals surface area (Å²) in [5.41, 5.74) is 1.04. The van der Waals surface area contributed by atoms with Crippen LogP contribution in [0.15, 0.2) is 23.4 Å². The molecule has 8 heteroatoms. The molecular weight excluding hydrogens is 281 g/mol. The minimum atomic E-state index is -4.50. The van der Waals surface area contributed by atoms with Gasteiger partial charge in [-0.1, -0.05) is 6.07 Å². The van der Waals surface area contributed by atoms with Crippen molar-refractivity contribution in [3.63, 3.8) is 0 Å². The second kappa shape index (κ2) is 7.22. The molecule has 1 N–H and O–H groups in total. The summed E-state index contributed by atoms with van der Waals surface area (Å²) in [4.78, 5) is 15.0. The predicted molar refractivity (Wildman–Crippen MR) is 65.1 cm³/mol. The average Bonchev–Trinajstić information content (AvgIpc) is 2.33. The molecule has 0 aliphatic rings. The van der Waals surface area contributed by atoms with Gasteiger partial charge >= 0.3 is 12.3 Å². The second-order valence-electron chi connectivity index (χ2n) is 3.64. The van der Waals surface area contributed by atoms with E-state index in [-0.39, 0.29) is 6.54 Å². The van der Waals surface area contributed by atoms with Gasteiger partial charge < -0.3 is 10.1 Å². The normalized spacial score (nSPS) is 11.2. The van der Waals surface area contributed by atoms with Crippen LogP contribution in [0.2, 0.25) is 0 Å². The molecular formula is C11H13F3N2O2S. The summed E-state index contributed by atoms with van der Waals surface area (Å²) < 4.78 is 39.2. The van der Waals surface area contributed by atoms with Crippen molar-refractivity contribution in [3.8, 4) is 0 Å². The molecule has 0 bridgehead atoms. The van der Waals surface area contributed by atoms with E-state index in [9.17, 15) is 18.0 Å². The Morgan fingerprint density at radius 1 is 1.47 bits per heavy atom. The molecule has 0 aliphatic heterocycles. The van der Waals surface area contributed by atoms with E-state index in [2.05, 4.69) is 15.0 Å². The Labute approximate surface area is 112 Å². The molecule has 0 radical (unpaired) electrons. The van der Waals surface area contributed by atoms with Gasteiger partial charge in [-0.25, -0.2) is 9.78 Å². The molecule has 106 valence electrons. The number of carbonyl (C=O) groups excluding carboxylic acids is 1. The maximum absolute atomic E-state index is 11.7. The third-order valence-electron chi connectivity index (χ3n) is 1.87. The Morgan fingerprint density at radius 2 is 2.21 bits per heavy atom. The first-order valence-electron chi connectivity index (χ1n) is 5.39. The van der Waals surface area contributed by atoms with Crippen LogP contribution in [-0.2, 0) is 4.74 Å². The van der Waals surface area contributed by atoms with E-state index < -0.39 is 18.9 Å². The summed E-state index contributed by atoms with van der Waals surface area (Å²) in [5, 5.41) is 3.02. The number of amides is 1. The van der Waals surface area contributed by atoms with E-state index in [1.165, 1.54) is 11.8 Å². The van der Waals surface area contributed by atoms with Gasteiger partial charge in [0.15, 0.2) is 6.61 Å². The number of hydrogen-bond acceptors (Lipinski definition) is 4. The topological polar surface area (TPSA) is 51.2 Å². The molecule has 1 rings (SSSR count). The fourth-order valence-electron chi connectivity index (χ4n) is 1.05. The van der Waals surface area contributed by atoms with Gasteiger partial charge in [0.2, 0.25) is 0 Å². The number of nitrogens with zero attached hydrogens (tertiary/aromatic N) is 1. The number of carbonyl (C=O) groups is 1. The Kier molecular flexibility index (Phi) is 5.94. The number of rotatable bonds is 5. The van der Waals surface area contributed by atoms with Gasteiger partial charge in [0.1, 0.15) is 0 Å². The van der Waals surface area contributed by atoms with Crippen LogP contribution in [0.25, 0.3) is 0 Å². The zero-order chi connectivity index (χ0) is 14.3. The lowest BCUT2D eigenvalue weighted by Gasteiger charge is -2.08. The summed E-state index contributed by atoms with van der Waals surface area (Å²) in [6.07, 6.45) is -3.86. The van der Waals surface area contributed by atoms with Crippen LogP contribution in [0, 0.1) is 6.92 Å². The number of nitrogens with one attached hydrogen (secondary N) is 1. The van der Waals surface area contributed by atoms with Crippen LogP contribution in [0.4, 0.5) is 18.0 Å². The van der Waals surface area contributed by atoms with Crippen LogP contribution in [0.5, 0.6) is 0 Å². The largest absolute Gasteiger partial charge is 0.440 e. The smallest absolute Gasteiger partial charge is 0.422 e. The number of pyridine rings is 1. The zero-order valence-corrected chi connectivity index (χ0v) is 11.0. The van der Waals surface area contributed by atoms with E-state index in [4.69, 9.17) is 0 Å². The number of aromatic nitrogens is 1. The molecule has 1 aromatic heterocycles. The quantitative estimate of drug-likeness (QED) is 0.670. The van der Waals surface area contributed by atoms with E-state index >= 15 is 0 Å². The summed E-state index contributed by atoms with van der Waals surface area (Å²) in [7, 11) is 0. The lowest BCUT2D eigenvalue weighted by Crippen LogP contribution is -2.30. The SMILES string of the molecule is Cc1ccc(SCCNC(=O)OCC(F)(F)F)nc1. The van der Waals surface area contributed by atoms with Crippen LogP contribution in [0.3, 0.4) is 0 Å². The summed E-state index contributed by atoms with van der Waals surface area (Å²) in [5.74, 6) is 0.497. The predicted octanol–water partition coefficient (Wildman–Crippen LogP) is 2.77. The summed E-state index contributed by atoms with van der Waals surface area (Å²) in [6, 6.07) is 3.74. The van der Waals surface area contributed by atoms with Crippen molar-refractivity contribution >= 4 is 17.9 Å². The minimum Gasteiger partial charge on any atom is -0.440 e. The third kappa shape index (κ3) is 7.55. The third-order valence-corrected chi connectivity index (χ3v) is 2.82. The Balaban J connectivity index is 2.13. The molecule has 0 spiro atoms. The van der Waals surface area contributed by atoms with Gasteiger partial charge in [-0.2, -0.15) is 13.2 Å². The highest BCUT2D eigenvalue weighted by atomic mass is 32.2. The van der Waals surface area contributed by atoms with Crippen molar-refractivity contribution in [2.24, 2.45) is 0 Å². The standard InChI is InChI=1S/C11H13F3N2O2S/c1-8-2-3-9(16-6-8)19-5-4-15-10(17)18-7-11(12,13)14/h2-3,6H,4-5,7H2,1H3,(H,15,17). The van der Waals surface area contributed by atoms with Gasteiger partial charge in [0.05, 0.1) is 5.03 Å². The number of hydrogen-bond donors (Lipinski definition) is 1. The molecule has 0 saturated carbocycles. The molecule has 0 atom stereocenters. The molecule has 0 saturated heterocycles. The molecule has 0 aromatic carbocycles. The van der Waals surface area contributed by atoms with Gasteiger partial charge in [-0.3, -0.25) is 0 Å². The first-order valence-corrected chi connectivity index (χ1v) is 6.38. The Morgan fingerprint density at radius 3 is 2.79 bits per heavy atom. The highest BCUT2D eigenvalue weighted by molar-refractivity contribution is 7.99. The Hall–Kier alpha value is -1.44. The van der Waals surface area contributed by atoms with Crippen LogP contribution in [-0.4, -0.2) is 36.2 Å². The van der Waals surface area contributed by atoms with E-state index in [1.807, 2.05) is 19.1 Å². The van der Waals surface area contributed by atoms with Crippen molar-refractivity contribution in [1.82, 2.24) is 10.3 Å². The molecule has 0 unspecified atom stereocenters. The fourth-order valence-corrected chi connectivity index (χ4v) is 1.75. The van der Waals surface area contributed by atoms with Crippen molar-refractivity contribution in [2.45, 2.75) is 18.1 Å². The van der Waals surface area contributed by atoms with Crippen molar-refractivity contribution in [1.29, 1.82) is 0 Å². The number of ether oxygens (including phenoxy) is 1. The lowest BCUT2D eigenvalue weighted by atomic mass is 10.3. The number of alkyl halides is 3. The van der Waals surface area contributed by atoms with E-state index in [0.29, 0.717) is 5.75 Å². The van der Waals surface area contributed by atoms with Gasteiger partial charge in [-0.05, 0) is 18.6 Å². The minimum absolute atomic E-state index is 0.205. The molecule has 19 heavy (non-hydrogen) atoms. The lowest BCUT2D eigenvalue weighted by molar-refractivity contribution is -0.160. The van der Waals surface area contributed by atoms with Crippen LogP contribution in [0.1, 0.15) is 5.56 Å². The van der Waals surface area contributed by atoms with Crippen molar-refractivity contribution in [2.75, 3.05) is 18.9 Å². The molecule has 0 fully saturated rings. The molecule has 0 aliphatic carbocycles. The van der Waals surface area contributed by atoms with Gasteiger partial charge in [0, 0.05) is 18.5 Å². The maximum atomic E-state index is 11.7. The number of alkyl carbamates (subject to hydrolysis) is 1. The molecule has 4 nitrogen and oxygen atoms in total. The van der Waals surface area contributed by atoms with Crippen LogP contribution < -0.4 is 5.32 Å². The number of thioether (sulfide) groups is 1. The number of aryl methyl sites for hydroxylation is 1. The van der Waals surface area contributed by atoms with Crippen LogP contribution >= 0.6 is 11.8 Å². The first-order chi connectivity index (χ1) is 8.87. The summed E-state index contributed by atoms with van der Waals surface area (Å²) >= 11 is 1.39. The molecule has 1 aromatic rings. The fraction of sp³-hybridized carbons (Fsp3) is 0.455. The van der Waals surface area contributed by atoms with Gasteiger partial charge in [0.25, 0.3) is 0 Å². The van der Waals surface area contributed by atoms with E-state index in [0.717, 1.165) is 10.6 Å². The van der Waals surface area contributed by atoms with E-state index in [1.54, 1.807) is 6.20 Å². The van der Waals surface area contributed by atoms with Crippen molar-refractivity contribution in [3.05, 3.63) is 23.9 Å². The maximum Gasteiger partial charge on any atom is 0.422 e. The monoisotopic (exact) mass is 294 g/mol. The zero-order valence-electron chi connectivity index (χ0n) is 10.2. The van der Waals surface area contributed by atoms with Gasteiger partial charge in [-0.15, -0.1) is 11.8 Å². The molecule has 1 amide bonds. The highest BCUT2D eigenvalue weighted by Gasteiger charge is 2.29. The molecule has 1 heterocycles. The summed E-state index contributed by atoms with van der Waals surface area (Å²) in [6.45, 7) is 0.544. The first kappa shape index (κ1) is 15.6. The number of halogens is 3. The highest BCUT2D eigenvalue weighted by Crippen LogP contribution is 2.15.